The van der Waals surface area contributed by atoms with Crippen molar-refractivity contribution in [3.8, 4) is 0 Å². The minimum atomic E-state index is -0.671. The van der Waals surface area contributed by atoms with Gasteiger partial charge in [0.15, 0.2) is 4.80 Å². The zero-order valence-electron chi connectivity index (χ0n) is 16.9. The summed E-state index contributed by atoms with van der Waals surface area (Å²) >= 11 is 2.59. The quantitative estimate of drug-likeness (QED) is 0.240. The highest BCUT2D eigenvalue weighted by molar-refractivity contribution is 7.10. The van der Waals surface area contributed by atoms with Crippen LogP contribution >= 0.6 is 22.7 Å². The fraction of sp³-hybridized carbons (Fsp3) is 0.136. The number of fused-ring (bicyclic) bond motifs is 1. The molecule has 0 radical (unpaired) electrons. The number of rotatable bonds is 6. The van der Waals surface area contributed by atoms with Crippen LogP contribution in [0.25, 0.3) is 6.08 Å². The lowest BCUT2D eigenvalue weighted by Crippen LogP contribution is -2.39. The van der Waals surface area contributed by atoms with E-state index in [1.54, 1.807) is 25.1 Å². The average Bonchev–Trinajstić information content (AvgIpc) is 3.40. The molecule has 4 rings (SSSR count). The Morgan fingerprint density at radius 3 is 2.88 bits per heavy atom. The first-order valence-electron chi connectivity index (χ1n) is 9.49. The summed E-state index contributed by atoms with van der Waals surface area (Å²) < 4.78 is 7.11. The molecule has 0 saturated heterocycles. The lowest BCUT2D eigenvalue weighted by Gasteiger charge is -2.23. The van der Waals surface area contributed by atoms with Crippen LogP contribution in [-0.2, 0) is 9.53 Å². The van der Waals surface area contributed by atoms with Gasteiger partial charge in [-0.15, -0.1) is 11.3 Å². The Hall–Kier alpha value is -3.63. The summed E-state index contributed by atoms with van der Waals surface area (Å²) in [6.07, 6.45) is 3.07. The highest BCUT2D eigenvalue weighted by Gasteiger charge is 2.33. The summed E-state index contributed by atoms with van der Waals surface area (Å²) in [7, 11) is 0. The van der Waals surface area contributed by atoms with Crippen molar-refractivity contribution in [1.82, 2.24) is 4.57 Å². The zero-order valence-corrected chi connectivity index (χ0v) is 18.5. The predicted molar refractivity (Wildman–Crippen MR) is 122 cm³/mol. The van der Waals surface area contributed by atoms with E-state index in [-0.39, 0.29) is 17.9 Å². The number of nitro groups is 1. The molecule has 2 aromatic heterocycles. The Labute approximate surface area is 189 Å². The van der Waals surface area contributed by atoms with Crippen LogP contribution in [0.15, 0.2) is 75.5 Å². The van der Waals surface area contributed by atoms with Crippen LogP contribution in [0.2, 0.25) is 0 Å². The molecule has 32 heavy (non-hydrogen) atoms. The molecular weight excluding hydrogens is 450 g/mol. The Morgan fingerprint density at radius 1 is 1.38 bits per heavy atom. The lowest BCUT2D eigenvalue weighted by atomic mass is 10.0. The summed E-state index contributed by atoms with van der Waals surface area (Å²) in [5.74, 6) is -0.558. The molecule has 0 aliphatic carbocycles. The monoisotopic (exact) mass is 467 g/mol. The van der Waals surface area contributed by atoms with Crippen LogP contribution in [0.3, 0.4) is 0 Å². The van der Waals surface area contributed by atoms with Gasteiger partial charge in [0.05, 0.1) is 20.7 Å². The maximum atomic E-state index is 13.4. The first-order valence-corrected chi connectivity index (χ1v) is 11.2. The number of esters is 1. The number of aromatic nitrogens is 1. The standard InChI is InChI=1S/C22H17N3O5S2/c1-3-9-30-21(27)18-13(2)23-22-24(19(18)16-8-5-10-31-16)20(26)17(32-22)12-14-6-4-7-15(11-14)25(28)29/h3-8,10-12,19H,1,9H2,2H3/b17-12-/t19-/m0/s1. The van der Waals surface area contributed by atoms with Crippen molar-refractivity contribution in [2.45, 2.75) is 13.0 Å². The van der Waals surface area contributed by atoms with E-state index >= 15 is 0 Å². The van der Waals surface area contributed by atoms with Crippen LogP contribution < -0.4 is 14.9 Å². The van der Waals surface area contributed by atoms with Crippen LogP contribution in [0.5, 0.6) is 0 Å². The van der Waals surface area contributed by atoms with E-state index in [1.165, 1.54) is 45.4 Å². The van der Waals surface area contributed by atoms with E-state index in [4.69, 9.17) is 4.74 Å². The minimum Gasteiger partial charge on any atom is -0.458 e. The van der Waals surface area contributed by atoms with Crippen molar-refractivity contribution < 1.29 is 14.5 Å². The lowest BCUT2D eigenvalue weighted by molar-refractivity contribution is -0.384. The molecule has 0 bridgehead atoms. The molecule has 1 aromatic carbocycles. The molecule has 0 spiro atoms. The molecule has 10 heteroatoms. The van der Waals surface area contributed by atoms with Crippen molar-refractivity contribution in [3.63, 3.8) is 0 Å². The van der Waals surface area contributed by atoms with E-state index in [0.717, 1.165) is 4.88 Å². The van der Waals surface area contributed by atoms with E-state index in [9.17, 15) is 19.7 Å². The van der Waals surface area contributed by atoms with Gasteiger partial charge >= 0.3 is 5.97 Å². The molecule has 0 saturated carbocycles. The summed E-state index contributed by atoms with van der Waals surface area (Å²) in [4.78, 5) is 42.6. The molecule has 162 valence electrons. The van der Waals surface area contributed by atoms with Crippen molar-refractivity contribution in [2.24, 2.45) is 4.99 Å². The number of carbonyl (C=O) groups excluding carboxylic acids is 1. The molecular formula is C22H17N3O5S2. The summed E-state index contributed by atoms with van der Waals surface area (Å²) in [6, 6.07) is 9.07. The van der Waals surface area contributed by atoms with Gasteiger partial charge in [-0.25, -0.2) is 9.79 Å². The zero-order chi connectivity index (χ0) is 22.8. The number of allylic oxidation sites excluding steroid dienone is 1. The first kappa shape index (κ1) is 21.6. The SMILES string of the molecule is C=CCOC(=O)C1=C(C)N=c2s/c(=C\c3cccc([N+](=O)[O-])c3)c(=O)n2[C@H]1c1cccs1. The van der Waals surface area contributed by atoms with Gasteiger partial charge < -0.3 is 4.74 Å². The van der Waals surface area contributed by atoms with Gasteiger partial charge in [-0.3, -0.25) is 19.5 Å². The third kappa shape index (κ3) is 3.97. The molecule has 8 nitrogen and oxygen atoms in total. The number of carbonyl (C=O) groups is 1. The maximum absolute atomic E-state index is 13.4. The normalized spacial score (nSPS) is 15.8. The Morgan fingerprint density at radius 2 is 2.19 bits per heavy atom. The number of benzene rings is 1. The fourth-order valence-electron chi connectivity index (χ4n) is 3.39. The van der Waals surface area contributed by atoms with Gasteiger partial charge in [-0.2, -0.15) is 0 Å². The first-order chi connectivity index (χ1) is 15.4. The number of thiophene rings is 1. The predicted octanol–water partition coefficient (Wildman–Crippen LogP) is 2.93. The van der Waals surface area contributed by atoms with E-state index < -0.39 is 16.9 Å². The molecule has 1 aliphatic heterocycles. The molecule has 0 unspecified atom stereocenters. The van der Waals surface area contributed by atoms with Gasteiger partial charge in [-0.05, 0) is 30.0 Å². The van der Waals surface area contributed by atoms with Gasteiger partial charge in [0.2, 0.25) is 0 Å². The largest absolute Gasteiger partial charge is 0.458 e. The second-order valence-electron chi connectivity index (χ2n) is 6.84. The number of non-ortho nitro benzene ring substituents is 1. The highest BCUT2D eigenvalue weighted by Crippen LogP contribution is 2.33. The number of hydrogen-bond donors (Lipinski definition) is 0. The molecule has 0 fully saturated rings. The third-order valence-electron chi connectivity index (χ3n) is 4.77. The van der Waals surface area contributed by atoms with E-state index in [0.29, 0.717) is 26.2 Å². The summed E-state index contributed by atoms with van der Waals surface area (Å²) in [6.45, 7) is 5.32. The van der Waals surface area contributed by atoms with Crippen LogP contribution in [0, 0.1) is 10.1 Å². The van der Waals surface area contributed by atoms with E-state index in [1.807, 2.05) is 17.5 Å². The minimum absolute atomic E-state index is 0.0456. The molecule has 1 atom stereocenters. The summed E-state index contributed by atoms with van der Waals surface area (Å²) in [5, 5.41) is 12.9. The smallest absolute Gasteiger partial charge is 0.338 e. The number of ether oxygens (including phenoxy) is 1. The fourth-order valence-corrected chi connectivity index (χ4v) is 5.26. The third-order valence-corrected chi connectivity index (χ3v) is 6.67. The Kier molecular flexibility index (Phi) is 5.97. The topological polar surface area (TPSA) is 104 Å². The molecule has 0 amide bonds. The molecule has 1 aliphatic rings. The molecule has 3 aromatic rings. The van der Waals surface area contributed by atoms with Gasteiger partial charge in [-0.1, -0.05) is 42.2 Å². The van der Waals surface area contributed by atoms with E-state index in [2.05, 4.69) is 11.6 Å². The molecule has 0 N–H and O–H groups in total. The second kappa shape index (κ2) is 8.85. The van der Waals surface area contributed by atoms with Crippen molar-refractivity contribution in [3.05, 3.63) is 106 Å². The van der Waals surface area contributed by atoms with Gasteiger partial charge in [0.1, 0.15) is 12.6 Å². The van der Waals surface area contributed by atoms with Gasteiger partial charge in [0.25, 0.3) is 11.2 Å². The van der Waals surface area contributed by atoms with Crippen LogP contribution in [0.4, 0.5) is 5.69 Å². The van der Waals surface area contributed by atoms with Crippen molar-refractivity contribution in [2.75, 3.05) is 6.61 Å². The van der Waals surface area contributed by atoms with Crippen molar-refractivity contribution in [1.29, 1.82) is 0 Å². The number of thiazole rings is 1. The van der Waals surface area contributed by atoms with Crippen molar-refractivity contribution >= 4 is 40.4 Å². The highest BCUT2D eigenvalue weighted by atomic mass is 32.1. The summed E-state index contributed by atoms with van der Waals surface area (Å²) in [5.41, 5.74) is 0.897. The number of nitrogens with zero attached hydrogens (tertiary/aromatic N) is 3. The Bertz CT molecular complexity index is 1430. The maximum Gasteiger partial charge on any atom is 0.338 e. The molecule has 3 heterocycles. The Balaban J connectivity index is 1.90. The second-order valence-corrected chi connectivity index (χ2v) is 8.82. The number of hydrogen-bond acceptors (Lipinski definition) is 8. The van der Waals surface area contributed by atoms with Crippen LogP contribution in [-0.4, -0.2) is 22.1 Å². The number of nitro benzene ring substituents is 1. The van der Waals surface area contributed by atoms with Crippen LogP contribution in [0.1, 0.15) is 23.4 Å². The van der Waals surface area contributed by atoms with Gasteiger partial charge in [0, 0.05) is 17.0 Å². The average molecular weight is 468 g/mol.